The molecule has 1 heterocycles. The number of thiazole rings is 1. The second-order valence-corrected chi connectivity index (χ2v) is 4.87. The highest BCUT2D eigenvalue weighted by Crippen LogP contribution is 2.29. The summed E-state index contributed by atoms with van der Waals surface area (Å²) in [5, 5.41) is 3.31. The number of carbonyl (C=O) groups is 2. The first kappa shape index (κ1) is 11.3. The Labute approximate surface area is 98.1 Å². The van der Waals surface area contributed by atoms with Crippen LogP contribution >= 0.6 is 11.3 Å². The third-order valence-electron chi connectivity index (χ3n) is 2.49. The van der Waals surface area contributed by atoms with Crippen LogP contribution in [0, 0.1) is 0 Å². The van der Waals surface area contributed by atoms with Crippen molar-refractivity contribution in [1.82, 2.24) is 4.98 Å². The van der Waals surface area contributed by atoms with E-state index in [4.69, 9.17) is 0 Å². The summed E-state index contributed by atoms with van der Waals surface area (Å²) in [4.78, 5) is 28.0. The van der Waals surface area contributed by atoms with Crippen LogP contribution in [0.3, 0.4) is 0 Å². The molecule has 16 heavy (non-hydrogen) atoms. The standard InChI is InChI=1S/C11H14N2O2S/c1-2-4-9(15)13-11-12-7-5-3-6-8(14)10(7)16-11/h2-6H2,1H3,(H,12,13,15). The monoisotopic (exact) mass is 238 g/mol. The van der Waals surface area contributed by atoms with Gasteiger partial charge in [0.05, 0.1) is 10.6 Å². The number of rotatable bonds is 3. The molecule has 0 aromatic carbocycles. The molecule has 2 rings (SSSR count). The van der Waals surface area contributed by atoms with Crippen LogP contribution in [0.2, 0.25) is 0 Å². The Bertz CT molecular complexity index is 426. The lowest BCUT2D eigenvalue weighted by molar-refractivity contribution is -0.116. The molecule has 1 aromatic rings. The topological polar surface area (TPSA) is 59.1 Å². The van der Waals surface area contributed by atoms with E-state index in [2.05, 4.69) is 10.3 Å². The number of aromatic nitrogens is 1. The molecule has 1 amide bonds. The maximum Gasteiger partial charge on any atom is 0.226 e. The summed E-state index contributed by atoms with van der Waals surface area (Å²) >= 11 is 1.31. The number of hydrogen-bond donors (Lipinski definition) is 1. The van der Waals surface area contributed by atoms with Gasteiger partial charge >= 0.3 is 0 Å². The smallest absolute Gasteiger partial charge is 0.226 e. The summed E-state index contributed by atoms with van der Waals surface area (Å²) in [5.41, 5.74) is 0.855. The van der Waals surface area contributed by atoms with Crippen LogP contribution in [0.25, 0.3) is 0 Å². The minimum Gasteiger partial charge on any atom is -0.302 e. The molecule has 0 unspecified atom stereocenters. The fourth-order valence-electron chi connectivity index (χ4n) is 1.73. The average Bonchev–Trinajstić information content (AvgIpc) is 2.62. The zero-order chi connectivity index (χ0) is 11.5. The Morgan fingerprint density at radius 3 is 3.00 bits per heavy atom. The molecule has 0 saturated carbocycles. The Kier molecular flexibility index (Phi) is 3.33. The van der Waals surface area contributed by atoms with E-state index in [1.54, 1.807) is 0 Å². The number of Topliss-reactive ketones (excluding diaryl/α,β-unsaturated/α-hetero) is 1. The summed E-state index contributed by atoms with van der Waals surface area (Å²) in [6.07, 6.45) is 3.64. The summed E-state index contributed by atoms with van der Waals surface area (Å²) in [5.74, 6) is 0.135. The predicted octanol–water partition coefficient (Wildman–Crippen LogP) is 2.40. The average molecular weight is 238 g/mol. The lowest BCUT2D eigenvalue weighted by Gasteiger charge is -2.05. The molecule has 1 aliphatic rings. The van der Waals surface area contributed by atoms with Crippen LogP contribution in [0.4, 0.5) is 5.13 Å². The first-order valence-corrected chi connectivity index (χ1v) is 6.35. The number of carbonyl (C=O) groups excluding carboxylic acids is 2. The zero-order valence-electron chi connectivity index (χ0n) is 9.21. The lowest BCUT2D eigenvalue weighted by Crippen LogP contribution is -2.10. The zero-order valence-corrected chi connectivity index (χ0v) is 10.0. The van der Waals surface area contributed by atoms with Gasteiger partial charge in [0.25, 0.3) is 0 Å². The number of nitrogens with one attached hydrogen (secondary N) is 1. The molecule has 1 N–H and O–H groups in total. The van der Waals surface area contributed by atoms with E-state index in [0.29, 0.717) is 18.0 Å². The van der Waals surface area contributed by atoms with Crippen LogP contribution in [0.5, 0.6) is 0 Å². The quantitative estimate of drug-likeness (QED) is 0.879. The molecule has 0 radical (unpaired) electrons. The molecule has 0 fully saturated rings. The summed E-state index contributed by atoms with van der Waals surface area (Å²) < 4.78 is 0. The summed E-state index contributed by atoms with van der Waals surface area (Å²) in [7, 11) is 0. The van der Waals surface area contributed by atoms with Gasteiger partial charge in [-0.25, -0.2) is 4.98 Å². The number of nitrogens with zero attached hydrogens (tertiary/aromatic N) is 1. The number of ketones is 1. The second-order valence-electron chi connectivity index (χ2n) is 3.87. The lowest BCUT2D eigenvalue weighted by atomic mass is 10.0. The molecule has 0 bridgehead atoms. The third-order valence-corrected chi connectivity index (χ3v) is 3.55. The van der Waals surface area contributed by atoms with Gasteiger partial charge in [-0.3, -0.25) is 9.59 Å². The minimum atomic E-state index is -0.0268. The molecule has 0 spiro atoms. The van der Waals surface area contributed by atoms with E-state index in [1.165, 1.54) is 11.3 Å². The van der Waals surface area contributed by atoms with Crippen LogP contribution < -0.4 is 5.32 Å². The van der Waals surface area contributed by atoms with Crippen LogP contribution in [-0.2, 0) is 11.2 Å². The Morgan fingerprint density at radius 2 is 2.31 bits per heavy atom. The van der Waals surface area contributed by atoms with Gasteiger partial charge in [0.15, 0.2) is 10.9 Å². The molecule has 0 aliphatic heterocycles. The van der Waals surface area contributed by atoms with Crippen molar-refractivity contribution in [2.75, 3.05) is 5.32 Å². The van der Waals surface area contributed by atoms with E-state index in [9.17, 15) is 9.59 Å². The van der Waals surface area contributed by atoms with Crippen molar-refractivity contribution < 1.29 is 9.59 Å². The van der Waals surface area contributed by atoms with Crippen molar-refractivity contribution >= 4 is 28.2 Å². The van der Waals surface area contributed by atoms with Crippen molar-refractivity contribution in [3.8, 4) is 0 Å². The maximum absolute atomic E-state index is 11.6. The summed E-state index contributed by atoms with van der Waals surface area (Å²) in [6, 6.07) is 0. The Balaban J connectivity index is 2.12. The Morgan fingerprint density at radius 1 is 1.50 bits per heavy atom. The van der Waals surface area contributed by atoms with Crippen molar-refractivity contribution in [3.05, 3.63) is 10.6 Å². The van der Waals surface area contributed by atoms with Crippen LogP contribution in [0.1, 0.15) is 48.0 Å². The predicted molar refractivity (Wildman–Crippen MR) is 62.9 cm³/mol. The van der Waals surface area contributed by atoms with Crippen molar-refractivity contribution in [2.45, 2.75) is 39.0 Å². The van der Waals surface area contributed by atoms with Gasteiger partial charge in [0, 0.05) is 12.8 Å². The van der Waals surface area contributed by atoms with E-state index < -0.39 is 0 Å². The SMILES string of the molecule is CCCC(=O)Nc1nc2c(s1)C(=O)CCC2. The normalized spacial score (nSPS) is 14.7. The van der Waals surface area contributed by atoms with Gasteiger partial charge in [0.2, 0.25) is 5.91 Å². The molecule has 4 nitrogen and oxygen atoms in total. The van der Waals surface area contributed by atoms with Crippen molar-refractivity contribution in [2.24, 2.45) is 0 Å². The molecular weight excluding hydrogens is 224 g/mol. The number of hydrogen-bond acceptors (Lipinski definition) is 4. The molecule has 5 heteroatoms. The molecule has 1 aliphatic carbocycles. The Hall–Kier alpha value is -1.23. The maximum atomic E-state index is 11.6. The molecule has 1 aromatic heterocycles. The van der Waals surface area contributed by atoms with E-state index in [-0.39, 0.29) is 11.7 Å². The fourth-order valence-corrected chi connectivity index (χ4v) is 2.73. The highest BCUT2D eigenvalue weighted by Gasteiger charge is 2.22. The van der Waals surface area contributed by atoms with Crippen molar-refractivity contribution in [3.63, 3.8) is 0 Å². The molecule has 0 saturated heterocycles. The summed E-state index contributed by atoms with van der Waals surface area (Å²) in [6.45, 7) is 1.95. The number of anilines is 1. The van der Waals surface area contributed by atoms with Gasteiger partial charge < -0.3 is 5.32 Å². The van der Waals surface area contributed by atoms with Crippen LogP contribution in [0.15, 0.2) is 0 Å². The largest absolute Gasteiger partial charge is 0.302 e. The van der Waals surface area contributed by atoms with Gasteiger partial charge in [-0.05, 0) is 19.3 Å². The van der Waals surface area contributed by atoms with Gasteiger partial charge in [-0.15, -0.1) is 0 Å². The molecule has 86 valence electrons. The second kappa shape index (κ2) is 4.74. The minimum absolute atomic E-state index is 0.0268. The van der Waals surface area contributed by atoms with Gasteiger partial charge in [0.1, 0.15) is 0 Å². The fraction of sp³-hybridized carbons (Fsp3) is 0.545. The number of aryl methyl sites for hydroxylation is 1. The molecule has 0 atom stereocenters. The number of amides is 1. The first-order valence-electron chi connectivity index (χ1n) is 5.53. The number of fused-ring (bicyclic) bond motifs is 1. The molecular formula is C11H14N2O2S. The van der Waals surface area contributed by atoms with E-state index in [1.807, 2.05) is 6.92 Å². The third kappa shape index (κ3) is 2.29. The first-order chi connectivity index (χ1) is 7.70. The van der Waals surface area contributed by atoms with E-state index in [0.717, 1.165) is 29.8 Å². The van der Waals surface area contributed by atoms with Crippen LogP contribution in [-0.4, -0.2) is 16.7 Å². The highest BCUT2D eigenvalue weighted by atomic mass is 32.1. The van der Waals surface area contributed by atoms with Crippen molar-refractivity contribution in [1.29, 1.82) is 0 Å². The highest BCUT2D eigenvalue weighted by molar-refractivity contribution is 7.17. The van der Waals surface area contributed by atoms with E-state index >= 15 is 0 Å². The van der Waals surface area contributed by atoms with Gasteiger partial charge in [-0.1, -0.05) is 18.3 Å². The van der Waals surface area contributed by atoms with Gasteiger partial charge in [-0.2, -0.15) is 0 Å².